The van der Waals surface area contributed by atoms with Crippen molar-refractivity contribution in [3.63, 3.8) is 0 Å². The molecule has 88 valence electrons. The van der Waals surface area contributed by atoms with Crippen LogP contribution in [0.3, 0.4) is 0 Å². The quantitative estimate of drug-likeness (QED) is 0.462. The number of carbonyl (C=O) groups excluding carboxylic acids is 1. The van der Waals surface area contributed by atoms with Crippen LogP contribution in [-0.2, 0) is 9.53 Å². The highest BCUT2D eigenvalue weighted by Gasteiger charge is 2.10. The molecule has 15 heavy (non-hydrogen) atoms. The Kier molecular flexibility index (Phi) is 9.67. The number of carbonyl (C=O) groups is 1. The van der Waals surface area contributed by atoms with Crippen molar-refractivity contribution in [2.45, 2.75) is 0 Å². The third-order valence-electron chi connectivity index (χ3n) is 1.73. The van der Waals surface area contributed by atoms with Crippen LogP contribution in [0, 0.1) is 0 Å². The van der Waals surface area contributed by atoms with Crippen LogP contribution in [0.2, 0.25) is 0 Å². The molecule has 0 aliphatic heterocycles. The predicted molar refractivity (Wildman–Crippen MR) is 63.1 cm³/mol. The number of amides is 1. The maximum absolute atomic E-state index is 11.6. The topological polar surface area (TPSA) is 49.8 Å². The highest BCUT2D eigenvalue weighted by Crippen LogP contribution is 2.02. The van der Waals surface area contributed by atoms with Crippen LogP contribution in [0.1, 0.15) is 0 Å². The van der Waals surface area contributed by atoms with Gasteiger partial charge in [0.1, 0.15) is 0 Å². The predicted octanol–water partition coefficient (Wildman–Crippen LogP) is 0.373. The smallest absolute Gasteiger partial charge is 0.232 e. The average Bonchev–Trinajstić information content (AvgIpc) is 2.24. The van der Waals surface area contributed by atoms with E-state index in [-0.39, 0.29) is 12.5 Å². The molecule has 0 aromatic carbocycles. The van der Waals surface area contributed by atoms with E-state index in [9.17, 15) is 4.79 Å². The van der Waals surface area contributed by atoms with Gasteiger partial charge in [-0.25, -0.2) is 0 Å². The van der Waals surface area contributed by atoms with Crippen molar-refractivity contribution in [1.29, 1.82) is 0 Å². The molecule has 0 spiro atoms. The van der Waals surface area contributed by atoms with Gasteiger partial charge in [-0.15, -0.1) is 18.3 Å². The van der Waals surface area contributed by atoms with Crippen molar-refractivity contribution in [3.05, 3.63) is 12.7 Å². The molecule has 0 atom stereocenters. The van der Waals surface area contributed by atoms with Crippen molar-refractivity contribution in [2.75, 3.05) is 44.9 Å². The van der Waals surface area contributed by atoms with Gasteiger partial charge >= 0.3 is 0 Å². The first-order valence-electron chi connectivity index (χ1n) is 4.82. The number of aliphatic hydroxyl groups excluding tert-OH is 1. The van der Waals surface area contributed by atoms with Crippen LogP contribution < -0.4 is 0 Å². The van der Waals surface area contributed by atoms with Crippen LogP contribution in [0.25, 0.3) is 0 Å². The lowest BCUT2D eigenvalue weighted by Crippen LogP contribution is -2.35. The van der Waals surface area contributed by atoms with Gasteiger partial charge in [0.25, 0.3) is 0 Å². The second-order valence-corrected chi connectivity index (χ2v) is 4.00. The lowest BCUT2D eigenvalue weighted by molar-refractivity contribution is -0.128. The van der Waals surface area contributed by atoms with Gasteiger partial charge in [0, 0.05) is 26.0 Å². The second kappa shape index (κ2) is 10.0. The summed E-state index contributed by atoms with van der Waals surface area (Å²) >= 11 is 1.53. The first-order valence-corrected chi connectivity index (χ1v) is 5.98. The molecule has 1 amide bonds. The van der Waals surface area contributed by atoms with Crippen molar-refractivity contribution in [2.24, 2.45) is 0 Å². The molecule has 4 nitrogen and oxygen atoms in total. The SMILES string of the molecule is C=CCN(CCO)C(=O)CSCCOC. The summed E-state index contributed by atoms with van der Waals surface area (Å²) < 4.78 is 4.88. The maximum Gasteiger partial charge on any atom is 0.232 e. The summed E-state index contributed by atoms with van der Waals surface area (Å²) in [6.45, 7) is 5.07. The molecular weight excluding hydrogens is 214 g/mol. The summed E-state index contributed by atoms with van der Waals surface area (Å²) in [7, 11) is 1.64. The Morgan fingerprint density at radius 3 is 2.93 bits per heavy atom. The van der Waals surface area contributed by atoms with Gasteiger partial charge in [0.2, 0.25) is 5.91 Å². The zero-order chi connectivity index (χ0) is 11.5. The molecule has 0 heterocycles. The molecule has 0 unspecified atom stereocenters. The van der Waals surface area contributed by atoms with Gasteiger partial charge in [-0.3, -0.25) is 4.79 Å². The third kappa shape index (κ3) is 7.41. The molecule has 0 saturated heterocycles. The second-order valence-electron chi connectivity index (χ2n) is 2.90. The van der Waals surface area contributed by atoms with E-state index >= 15 is 0 Å². The molecule has 1 N–H and O–H groups in total. The van der Waals surface area contributed by atoms with Crippen LogP contribution in [0.15, 0.2) is 12.7 Å². The number of aliphatic hydroxyl groups is 1. The molecule has 0 radical (unpaired) electrons. The Morgan fingerprint density at radius 2 is 2.40 bits per heavy atom. The van der Waals surface area contributed by atoms with Crippen molar-refractivity contribution in [1.82, 2.24) is 4.90 Å². The van der Waals surface area contributed by atoms with E-state index < -0.39 is 0 Å². The standard InChI is InChI=1S/C10H19NO3S/c1-3-4-11(5-6-12)10(13)9-15-8-7-14-2/h3,12H,1,4-9H2,2H3. The Labute approximate surface area is 95.3 Å². The summed E-state index contributed by atoms with van der Waals surface area (Å²) in [6, 6.07) is 0. The molecule has 0 saturated carbocycles. The molecule has 0 fully saturated rings. The van der Waals surface area contributed by atoms with Crippen LogP contribution in [0.5, 0.6) is 0 Å². The maximum atomic E-state index is 11.6. The molecule has 0 rings (SSSR count). The largest absolute Gasteiger partial charge is 0.395 e. The first kappa shape index (κ1) is 14.5. The minimum Gasteiger partial charge on any atom is -0.395 e. The highest BCUT2D eigenvalue weighted by atomic mass is 32.2. The molecule has 0 bridgehead atoms. The van der Waals surface area contributed by atoms with Gasteiger partial charge in [-0.05, 0) is 0 Å². The van der Waals surface area contributed by atoms with Gasteiger partial charge in [-0.1, -0.05) is 6.08 Å². The van der Waals surface area contributed by atoms with Gasteiger partial charge in [0.15, 0.2) is 0 Å². The van der Waals surface area contributed by atoms with E-state index in [1.165, 1.54) is 11.8 Å². The van der Waals surface area contributed by atoms with Crippen LogP contribution in [0.4, 0.5) is 0 Å². The Morgan fingerprint density at radius 1 is 1.67 bits per heavy atom. The third-order valence-corrected chi connectivity index (χ3v) is 2.64. The Hall–Kier alpha value is -0.520. The zero-order valence-electron chi connectivity index (χ0n) is 9.15. The summed E-state index contributed by atoms with van der Waals surface area (Å²) in [4.78, 5) is 13.2. The average molecular weight is 233 g/mol. The Bertz CT molecular complexity index is 188. The number of thioether (sulfide) groups is 1. The minimum atomic E-state index is -0.0116. The lowest BCUT2D eigenvalue weighted by atomic mass is 10.4. The number of hydrogen-bond acceptors (Lipinski definition) is 4. The number of rotatable bonds is 9. The summed E-state index contributed by atoms with van der Waals surface area (Å²) in [5, 5.41) is 8.77. The number of nitrogens with zero attached hydrogens (tertiary/aromatic N) is 1. The van der Waals surface area contributed by atoms with Crippen LogP contribution in [-0.4, -0.2) is 60.8 Å². The molecule has 0 aliphatic rings. The van der Waals surface area contributed by atoms with E-state index in [0.29, 0.717) is 25.4 Å². The molecule has 0 aromatic heterocycles. The number of hydrogen-bond donors (Lipinski definition) is 1. The van der Waals surface area contributed by atoms with E-state index in [0.717, 1.165) is 5.75 Å². The summed E-state index contributed by atoms with van der Waals surface area (Å²) in [5.41, 5.74) is 0. The molecule has 5 heteroatoms. The Balaban J connectivity index is 3.75. The fraction of sp³-hybridized carbons (Fsp3) is 0.700. The lowest BCUT2D eigenvalue weighted by Gasteiger charge is -2.19. The van der Waals surface area contributed by atoms with Crippen molar-refractivity contribution in [3.8, 4) is 0 Å². The van der Waals surface area contributed by atoms with E-state index in [1.54, 1.807) is 18.1 Å². The first-order chi connectivity index (χ1) is 7.26. The molecule has 0 aliphatic carbocycles. The van der Waals surface area contributed by atoms with Gasteiger partial charge < -0.3 is 14.7 Å². The highest BCUT2D eigenvalue weighted by molar-refractivity contribution is 7.99. The fourth-order valence-electron chi connectivity index (χ4n) is 0.987. The fourth-order valence-corrected chi connectivity index (χ4v) is 1.77. The van der Waals surface area contributed by atoms with Crippen molar-refractivity contribution >= 4 is 17.7 Å². The molecular formula is C10H19NO3S. The van der Waals surface area contributed by atoms with E-state index in [2.05, 4.69) is 6.58 Å². The number of ether oxygens (including phenoxy) is 1. The summed E-state index contributed by atoms with van der Waals surface area (Å²) in [5.74, 6) is 1.27. The van der Waals surface area contributed by atoms with E-state index in [4.69, 9.17) is 9.84 Å². The van der Waals surface area contributed by atoms with Crippen LogP contribution >= 0.6 is 11.8 Å². The van der Waals surface area contributed by atoms with Gasteiger partial charge in [-0.2, -0.15) is 0 Å². The molecule has 0 aromatic rings. The number of methoxy groups -OCH3 is 1. The zero-order valence-corrected chi connectivity index (χ0v) is 9.96. The van der Waals surface area contributed by atoms with Crippen molar-refractivity contribution < 1.29 is 14.6 Å². The van der Waals surface area contributed by atoms with Gasteiger partial charge in [0.05, 0.1) is 19.0 Å². The minimum absolute atomic E-state index is 0.0116. The monoisotopic (exact) mass is 233 g/mol. The normalized spacial score (nSPS) is 10.0. The summed E-state index contributed by atoms with van der Waals surface area (Å²) in [6.07, 6.45) is 1.66. The van der Waals surface area contributed by atoms with E-state index in [1.807, 2.05) is 0 Å².